The second kappa shape index (κ2) is 8.63. The van der Waals surface area contributed by atoms with Crippen molar-refractivity contribution in [3.05, 3.63) is 70.4 Å². The second-order valence-electron chi connectivity index (χ2n) is 8.28. The van der Waals surface area contributed by atoms with Crippen molar-refractivity contribution in [3.63, 3.8) is 0 Å². The van der Waals surface area contributed by atoms with Crippen LogP contribution >= 0.6 is 11.3 Å². The molecule has 1 aromatic carbocycles. The molecule has 0 amide bonds. The average molecular weight is 457 g/mol. The molecule has 2 aliphatic rings. The van der Waals surface area contributed by atoms with E-state index >= 15 is 0 Å². The number of hydrogen-bond acceptors (Lipinski definition) is 5. The van der Waals surface area contributed by atoms with Crippen LogP contribution in [0.3, 0.4) is 0 Å². The van der Waals surface area contributed by atoms with E-state index in [1.165, 1.54) is 16.7 Å². The first kappa shape index (κ1) is 21.8. The van der Waals surface area contributed by atoms with Crippen LogP contribution in [-0.2, 0) is 16.4 Å². The summed E-state index contributed by atoms with van der Waals surface area (Å²) in [6.45, 7) is 6.21. The molecule has 31 heavy (non-hydrogen) atoms. The van der Waals surface area contributed by atoms with Crippen LogP contribution in [0.4, 0.5) is 0 Å². The number of nitrogens with zero attached hydrogens (tertiary/aromatic N) is 1. The Labute approximate surface area is 188 Å². The van der Waals surface area contributed by atoms with E-state index in [1.54, 1.807) is 11.3 Å². The average Bonchev–Trinajstić information content (AvgIpc) is 3.34. The summed E-state index contributed by atoms with van der Waals surface area (Å²) in [6, 6.07) is 6.29. The van der Waals surface area contributed by atoms with Crippen molar-refractivity contribution in [2.75, 3.05) is 6.26 Å². The van der Waals surface area contributed by atoms with Crippen LogP contribution in [0.25, 0.3) is 10.6 Å². The van der Waals surface area contributed by atoms with Gasteiger partial charge in [0, 0.05) is 34.2 Å². The fourth-order valence-electron chi connectivity index (χ4n) is 4.18. The molecule has 0 spiro atoms. The topological polar surface area (TPSA) is 68.3 Å². The first-order valence-corrected chi connectivity index (χ1v) is 13.3. The quantitative estimate of drug-likeness (QED) is 0.622. The predicted molar refractivity (Wildman–Crippen MR) is 127 cm³/mol. The number of nitrogens with one attached hydrogen (secondary N) is 1. The molecule has 2 aliphatic carbocycles. The number of hydrogen-bond donors (Lipinski definition) is 1. The van der Waals surface area contributed by atoms with Crippen molar-refractivity contribution in [3.8, 4) is 16.3 Å². The second-order valence-corrected chi connectivity index (χ2v) is 11.1. The highest BCUT2D eigenvalue weighted by Crippen LogP contribution is 2.45. The fourth-order valence-corrected chi connectivity index (χ4v) is 5.84. The van der Waals surface area contributed by atoms with E-state index in [1.807, 2.05) is 44.3 Å². The molecule has 1 N–H and O–H groups in total. The lowest BCUT2D eigenvalue weighted by Gasteiger charge is -2.24. The normalized spacial score (nSPS) is 20.4. The SMILES string of the molecule is CCc1cc(-c2ncc(C3C=CC=C4C(NS(C)(=O)=O)=CCC43)s2)ccc1OC(C)C. The van der Waals surface area contributed by atoms with E-state index in [0.717, 1.165) is 34.7 Å². The Morgan fingerprint density at radius 2 is 2.13 bits per heavy atom. The Bertz CT molecular complexity index is 1170. The van der Waals surface area contributed by atoms with E-state index < -0.39 is 10.0 Å². The molecule has 4 rings (SSSR count). The van der Waals surface area contributed by atoms with Crippen molar-refractivity contribution in [1.82, 2.24) is 9.71 Å². The van der Waals surface area contributed by atoms with Gasteiger partial charge < -0.3 is 4.74 Å². The van der Waals surface area contributed by atoms with Crippen LogP contribution < -0.4 is 9.46 Å². The molecule has 0 aliphatic heterocycles. The van der Waals surface area contributed by atoms with Crippen molar-refractivity contribution in [1.29, 1.82) is 0 Å². The van der Waals surface area contributed by atoms with Crippen LogP contribution in [0.5, 0.6) is 5.75 Å². The van der Waals surface area contributed by atoms with Crippen molar-refractivity contribution >= 4 is 21.4 Å². The molecule has 0 radical (unpaired) electrons. The number of aromatic nitrogens is 1. The van der Waals surface area contributed by atoms with Gasteiger partial charge >= 0.3 is 0 Å². The van der Waals surface area contributed by atoms with Crippen LogP contribution in [0, 0.1) is 5.92 Å². The lowest BCUT2D eigenvalue weighted by molar-refractivity contribution is 0.240. The summed E-state index contributed by atoms with van der Waals surface area (Å²) in [5.74, 6) is 1.36. The highest BCUT2D eigenvalue weighted by molar-refractivity contribution is 7.88. The van der Waals surface area contributed by atoms with Crippen LogP contribution in [0.15, 0.2) is 60.0 Å². The highest BCUT2D eigenvalue weighted by Gasteiger charge is 2.33. The van der Waals surface area contributed by atoms with Gasteiger partial charge in [-0.2, -0.15) is 0 Å². The molecule has 2 unspecified atom stereocenters. The fraction of sp³-hybridized carbons (Fsp3) is 0.375. The number of benzene rings is 1. The van der Waals surface area contributed by atoms with Gasteiger partial charge in [-0.05, 0) is 56.0 Å². The Morgan fingerprint density at radius 3 is 2.84 bits per heavy atom. The summed E-state index contributed by atoms with van der Waals surface area (Å²) in [6.07, 6.45) is 13.2. The Balaban J connectivity index is 1.56. The Kier molecular flexibility index (Phi) is 6.08. The summed E-state index contributed by atoms with van der Waals surface area (Å²) in [7, 11) is -3.29. The van der Waals surface area contributed by atoms with Gasteiger partial charge in [0.15, 0.2) is 0 Å². The number of ether oxygens (including phenoxy) is 1. The minimum atomic E-state index is -3.29. The number of sulfonamides is 1. The molecule has 2 atom stereocenters. The summed E-state index contributed by atoms with van der Waals surface area (Å²) >= 11 is 1.70. The third kappa shape index (κ3) is 4.77. The first-order valence-electron chi connectivity index (χ1n) is 10.6. The number of allylic oxidation sites excluding steroid dienone is 5. The zero-order valence-electron chi connectivity index (χ0n) is 18.3. The summed E-state index contributed by atoms with van der Waals surface area (Å²) in [5, 5.41) is 0.991. The molecule has 164 valence electrons. The van der Waals surface area contributed by atoms with Crippen molar-refractivity contribution < 1.29 is 13.2 Å². The summed E-state index contributed by atoms with van der Waals surface area (Å²) in [4.78, 5) is 5.91. The van der Waals surface area contributed by atoms with Gasteiger partial charge in [0.1, 0.15) is 10.8 Å². The third-order valence-corrected chi connectivity index (χ3v) is 7.25. The van der Waals surface area contributed by atoms with Gasteiger partial charge in [-0.15, -0.1) is 11.3 Å². The zero-order valence-corrected chi connectivity index (χ0v) is 19.9. The van der Waals surface area contributed by atoms with Crippen molar-refractivity contribution in [2.45, 2.75) is 45.6 Å². The van der Waals surface area contributed by atoms with Crippen molar-refractivity contribution in [2.24, 2.45) is 5.92 Å². The molecule has 1 aromatic heterocycles. The predicted octanol–water partition coefficient (Wildman–Crippen LogP) is 5.19. The molecule has 0 fully saturated rings. The van der Waals surface area contributed by atoms with Gasteiger partial charge in [-0.3, -0.25) is 4.72 Å². The maximum absolute atomic E-state index is 11.7. The van der Waals surface area contributed by atoms with Crippen LogP contribution in [0.1, 0.15) is 43.6 Å². The zero-order chi connectivity index (χ0) is 22.2. The molecule has 0 bridgehead atoms. The standard InChI is InChI=1S/C24H28N2O3S2/c1-5-16-13-17(9-12-22(16)29-15(2)3)24-25-14-23(30-24)20-8-6-7-19-18(20)10-11-21(19)26-31(4,27)28/h6-9,11-15,18,20,26H,5,10H2,1-4H3. The van der Waals surface area contributed by atoms with E-state index in [0.29, 0.717) is 5.70 Å². The number of rotatable bonds is 7. The molecular formula is C24H28N2O3S2. The van der Waals surface area contributed by atoms with Gasteiger partial charge in [-0.25, -0.2) is 13.4 Å². The first-order chi connectivity index (χ1) is 14.7. The van der Waals surface area contributed by atoms with Gasteiger partial charge in [0.2, 0.25) is 10.0 Å². The highest BCUT2D eigenvalue weighted by atomic mass is 32.2. The maximum Gasteiger partial charge on any atom is 0.229 e. The molecular weight excluding hydrogens is 428 g/mol. The van der Waals surface area contributed by atoms with E-state index in [4.69, 9.17) is 9.72 Å². The maximum atomic E-state index is 11.7. The molecule has 0 saturated carbocycles. The summed E-state index contributed by atoms with van der Waals surface area (Å²) < 4.78 is 32.0. The lowest BCUT2D eigenvalue weighted by Crippen LogP contribution is -2.23. The smallest absolute Gasteiger partial charge is 0.229 e. The van der Waals surface area contributed by atoms with Crippen LogP contribution in [-0.4, -0.2) is 25.8 Å². The minimum Gasteiger partial charge on any atom is -0.491 e. The Morgan fingerprint density at radius 1 is 1.32 bits per heavy atom. The number of fused-ring (bicyclic) bond motifs is 1. The monoisotopic (exact) mass is 456 g/mol. The molecule has 1 heterocycles. The lowest BCUT2D eigenvalue weighted by atomic mass is 9.82. The Hall–Kier alpha value is -2.38. The molecule has 7 heteroatoms. The van der Waals surface area contributed by atoms with Gasteiger partial charge in [0.05, 0.1) is 12.4 Å². The molecule has 5 nitrogen and oxygen atoms in total. The van der Waals surface area contributed by atoms with Gasteiger partial charge in [-0.1, -0.05) is 31.2 Å². The number of aryl methyl sites for hydroxylation is 1. The minimum absolute atomic E-state index is 0.144. The number of thiazole rings is 1. The van der Waals surface area contributed by atoms with Crippen LogP contribution in [0.2, 0.25) is 0 Å². The van der Waals surface area contributed by atoms with E-state index in [-0.39, 0.29) is 17.9 Å². The largest absolute Gasteiger partial charge is 0.491 e. The molecule has 0 saturated heterocycles. The third-order valence-electron chi connectivity index (χ3n) is 5.51. The van der Waals surface area contributed by atoms with Gasteiger partial charge in [0.25, 0.3) is 0 Å². The van der Waals surface area contributed by atoms with E-state index in [2.05, 4.69) is 29.9 Å². The molecule has 2 aromatic rings. The summed E-state index contributed by atoms with van der Waals surface area (Å²) in [5.41, 5.74) is 4.04. The van der Waals surface area contributed by atoms with E-state index in [9.17, 15) is 8.42 Å².